The first-order chi connectivity index (χ1) is 16.2. The van der Waals surface area contributed by atoms with E-state index in [2.05, 4.69) is 16.9 Å². The number of aromatic hydroxyl groups is 1. The standard InChI is InChI=1S/C27H21N3O2S/c31-21-13-10-19(11-14-21)26-22-8-4-5-9-24(22)33-25-15-12-20(16-23(25)29-26)27(32)30-28-17-18-6-2-1-3-7-18/h1-16,28,31H,17H2,(H,30,32). The van der Waals surface area contributed by atoms with E-state index in [1.54, 1.807) is 23.9 Å². The first-order valence-corrected chi connectivity index (χ1v) is 11.4. The number of hydrogen-bond donors (Lipinski definition) is 3. The molecule has 6 heteroatoms. The lowest BCUT2D eigenvalue weighted by molar-refractivity contribution is 0.0932. The van der Waals surface area contributed by atoms with E-state index in [0.717, 1.165) is 37.9 Å². The second-order valence-corrected chi connectivity index (χ2v) is 8.67. The molecule has 0 spiro atoms. The van der Waals surface area contributed by atoms with Crippen molar-refractivity contribution >= 4 is 29.1 Å². The summed E-state index contributed by atoms with van der Waals surface area (Å²) in [5, 5.41) is 9.71. The molecule has 4 aromatic carbocycles. The van der Waals surface area contributed by atoms with Gasteiger partial charge in [0.2, 0.25) is 0 Å². The third-order valence-corrected chi connectivity index (χ3v) is 6.43. The Bertz CT molecular complexity index is 1340. The molecule has 0 unspecified atom stereocenters. The predicted octanol–water partition coefficient (Wildman–Crippen LogP) is 5.46. The number of phenolic OH excluding ortho intramolecular Hbond substituents is 1. The van der Waals surface area contributed by atoms with Crippen LogP contribution in [0.2, 0.25) is 0 Å². The summed E-state index contributed by atoms with van der Waals surface area (Å²) in [6, 6.07) is 30.6. The molecule has 1 heterocycles. The van der Waals surface area contributed by atoms with Crippen molar-refractivity contribution in [3.8, 4) is 5.75 Å². The highest BCUT2D eigenvalue weighted by Gasteiger charge is 2.20. The maximum absolute atomic E-state index is 12.8. The Morgan fingerprint density at radius 2 is 1.61 bits per heavy atom. The molecule has 3 N–H and O–H groups in total. The molecule has 0 atom stereocenters. The average Bonchev–Trinajstić information content (AvgIpc) is 3.01. The molecule has 0 radical (unpaired) electrons. The number of carbonyl (C=O) groups is 1. The zero-order valence-corrected chi connectivity index (χ0v) is 18.5. The van der Waals surface area contributed by atoms with Gasteiger partial charge in [-0.15, -0.1) is 0 Å². The second-order valence-electron chi connectivity index (χ2n) is 7.58. The van der Waals surface area contributed by atoms with Crippen LogP contribution >= 0.6 is 11.8 Å². The third-order valence-electron chi connectivity index (χ3n) is 5.29. The first-order valence-electron chi connectivity index (χ1n) is 10.5. The van der Waals surface area contributed by atoms with Crippen molar-refractivity contribution in [2.45, 2.75) is 16.3 Å². The Morgan fingerprint density at radius 1 is 0.848 bits per heavy atom. The highest BCUT2D eigenvalue weighted by atomic mass is 32.2. The SMILES string of the molecule is O=C(NNCc1ccccc1)c1ccc2c(c1)N=C(c1ccc(O)cc1)c1ccccc1S2. The van der Waals surface area contributed by atoms with Crippen LogP contribution in [0.3, 0.4) is 0 Å². The second kappa shape index (κ2) is 9.32. The molecule has 0 fully saturated rings. The van der Waals surface area contributed by atoms with E-state index in [9.17, 15) is 9.90 Å². The van der Waals surface area contributed by atoms with E-state index in [0.29, 0.717) is 12.1 Å². The van der Waals surface area contributed by atoms with Crippen molar-refractivity contribution in [2.75, 3.05) is 0 Å². The van der Waals surface area contributed by atoms with E-state index in [1.807, 2.05) is 78.9 Å². The van der Waals surface area contributed by atoms with Crippen molar-refractivity contribution < 1.29 is 9.90 Å². The average molecular weight is 452 g/mol. The van der Waals surface area contributed by atoms with Crippen LogP contribution in [0.4, 0.5) is 5.69 Å². The smallest absolute Gasteiger partial charge is 0.265 e. The van der Waals surface area contributed by atoms with Gasteiger partial charge in [-0.1, -0.05) is 60.3 Å². The lowest BCUT2D eigenvalue weighted by atomic mass is 10.0. The molecule has 4 aromatic rings. The maximum atomic E-state index is 12.8. The molecule has 1 aliphatic heterocycles. The zero-order chi connectivity index (χ0) is 22.6. The van der Waals surface area contributed by atoms with Gasteiger partial charge in [0.1, 0.15) is 5.75 Å². The number of amides is 1. The van der Waals surface area contributed by atoms with Gasteiger partial charge in [0.05, 0.1) is 11.4 Å². The molecule has 5 rings (SSSR count). The van der Waals surface area contributed by atoms with Crippen molar-refractivity contribution in [3.63, 3.8) is 0 Å². The van der Waals surface area contributed by atoms with Crippen molar-refractivity contribution in [1.29, 1.82) is 0 Å². The third kappa shape index (κ3) is 4.67. The topological polar surface area (TPSA) is 73.7 Å². The van der Waals surface area contributed by atoms with Crippen LogP contribution in [0.5, 0.6) is 5.75 Å². The van der Waals surface area contributed by atoms with E-state index >= 15 is 0 Å². The maximum Gasteiger partial charge on any atom is 0.265 e. The van der Waals surface area contributed by atoms with E-state index < -0.39 is 0 Å². The van der Waals surface area contributed by atoms with E-state index in [4.69, 9.17) is 4.99 Å². The summed E-state index contributed by atoms with van der Waals surface area (Å²) in [6.45, 7) is 0.534. The quantitative estimate of drug-likeness (QED) is 0.310. The highest BCUT2D eigenvalue weighted by Crippen LogP contribution is 2.41. The zero-order valence-electron chi connectivity index (χ0n) is 17.7. The molecule has 0 saturated heterocycles. The van der Waals surface area contributed by atoms with Gasteiger partial charge >= 0.3 is 0 Å². The number of hydrazine groups is 1. The Kier molecular flexibility index (Phi) is 5.93. The Hall–Kier alpha value is -3.87. The van der Waals surface area contributed by atoms with Crippen LogP contribution in [0, 0.1) is 0 Å². The first kappa shape index (κ1) is 21.0. The largest absolute Gasteiger partial charge is 0.508 e. The summed E-state index contributed by atoms with van der Waals surface area (Å²) in [5.74, 6) is -0.0140. The predicted molar refractivity (Wildman–Crippen MR) is 131 cm³/mol. The van der Waals surface area contributed by atoms with Gasteiger partial charge in [-0.25, -0.2) is 10.4 Å². The number of rotatable bonds is 5. The van der Waals surface area contributed by atoms with E-state index in [1.165, 1.54) is 0 Å². The fraction of sp³-hybridized carbons (Fsp3) is 0.0370. The number of carbonyl (C=O) groups excluding carboxylic acids is 1. The summed E-state index contributed by atoms with van der Waals surface area (Å²) >= 11 is 1.63. The normalized spacial score (nSPS) is 12.2. The number of benzene rings is 4. The summed E-state index contributed by atoms with van der Waals surface area (Å²) < 4.78 is 0. The van der Waals surface area contributed by atoms with E-state index in [-0.39, 0.29) is 11.7 Å². The van der Waals surface area contributed by atoms with Crippen LogP contribution in [-0.2, 0) is 6.54 Å². The van der Waals surface area contributed by atoms with Crippen LogP contribution < -0.4 is 10.9 Å². The molecule has 1 amide bonds. The fourth-order valence-corrected chi connectivity index (χ4v) is 4.62. The van der Waals surface area contributed by atoms with Crippen molar-refractivity contribution in [3.05, 3.63) is 119 Å². The number of phenols is 1. The minimum Gasteiger partial charge on any atom is -0.508 e. The van der Waals surface area contributed by atoms with Crippen LogP contribution in [0.15, 0.2) is 112 Å². The number of fused-ring (bicyclic) bond motifs is 2. The molecular formula is C27H21N3O2S. The number of nitrogens with one attached hydrogen (secondary N) is 2. The molecule has 0 aliphatic carbocycles. The van der Waals surface area contributed by atoms with Gasteiger partial charge in [0, 0.05) is 33.0 Å². The highest BCUT2D eigenvalue weighted by molar-refractivity contribution is 7.99. The Labute approximate surface area is 196 Å². The molecule has 162 valence electrons. The molecule has 5 nitrogen and oxygen atoms in total. The summed E-state index contributed by atoms with van der Waals surface area (Å²) in [5.41, 5.74) is 10.8. The van der Waals surface area contributed by atoms with Crippen LogP contribution in [0.1, 0.15) is 27.0 Å². The van der Waals surface area contributed by atoms with Gasteiger partial charge in [-0.2, -0.15) is 0 Å². The fourth-order valence-electron chi connectivity index (χ4n) is 3.62. The lowest BCUT2D eigenvalue weighted by Gasteiger charge is -2.09. The molecule has 0 saturated carbocycles. The summed E-state index contributed by atoms with van der Waals surface area (Å²) in [4.78, 5) is 19.8. The van der Waals surface area contributed by atoms with Gasteiger partial charge in [0.15, 0.2) is 0 Å². The summed E-state index contributed by atoms with van der Waals surface area (Å²) in [6.07, 6.45) is 0. The Balaban J connectivity index is 1.45. The van der Waals surface area contributed by atoms with Crippen LogP contribution in [0.25, 0.3) is 0 Å². The molecule has 0 aromatic heterocycles. The minimum absolute atomic E-state index is 0.206. The lowest BCUT2D eigenvalue weighted by Crippen LogP contribution is -2.36. The number of aliphatic imine (C=N–C) groups is 1. The minimum atomic E-state index is -0.220. The van der Waals surface area contributed by atoms with Crippen molar-refractivity contribution in [1.82, 2.24) is 10.9 Å². The summed E-state index contributed by atoms with van der Waals surface area (Å²) in [7, 11) is 0. The molecule has 0 bridgehead atoms. The van der Waals surface area contributed by atoms with Gasteiger partial charge in [-0.05, 0) is 54.1 Å². The van der Waals surface area contributed by atoms with Gasteiger partial charge in [-0.3, -0.25) is 10.2 Å². The number of hydrogen-bond acceptors (Lipinski definition) is 5. The molecular weight excluding hydrogens is 430 g/mol. The number of nitrogens with zero attached hydrogens (tertiary/aromatic N) is 1. The molecule has 33 heavy (non-hydrogen) atoms. The van der Waals surface area contributed by atoms with Gasteiger partial charge in [0.25, 0.3) is 5.91 Å². The van der Waals surface area contributed by atoms with Crippen LogP contribution in [-0.4, -0.2) is 16.7 Å². The van der Waals surface area contributed by atoms with Crippen molar-refractivity contribution in [2.24, 2.45) is 4.99 Å². The molecule has 1 aliphatic rings. The van der Waals surface area contributed by atoms with Gasteiger partial charge < -0.3 is 5.11 Å². The monoisotopic (exact) mass is 451 g/mol. The Morgan fingerprint density at radius 3 is 2.42 bits per heavy atom.